The van der Waals surface area contributed by atoms with E-state index in [0.29, 0.717) is 0 Å². The fourth-order valence-electron chi connectivity index (χ4n) is 3.97. The Morgan fingerprint density at radius 3 is 1.78 bits per heavy atom. The van der Waals surface area contributed by atoms with E-state index < -0.39 is 98.7 Å². The molecule has 3 fully saturated rings. The van der Waals surface area contributed by atoms with Crippen molar-refractivity contribution in [1.29, 1.82) is 0 Å². The van der Waals surface area contributed by atoms with E-state index in [4.69, 9.17) is 23.7 Å². The van der Waals surface area contributed by atoms with Crippen LogP contribution in [0.5, 0.6) is 0 Å². The van der Waals surface area contributed by atoms with Gasteiger partial charge in [0.25, 0.3) is 0 Å². The van der Waals surface area contributed by atoms with Crippen LogP contribution in [0.3, 0.4) is 0 Å². The monoisotopic (exact) mass is 472 g/mol. The van der Waals surface area contributed by atoms with Crippen LogP contribution in [0.2, 0.25) is 0 Å². The lowest BCUT2D eigenvalue weighted by Crippen LogP contribution is -2.65. The lowest BCUT2D eigenvalue weighted by molar-refractivity contribution is -0.374. The van der Waals surface area contributed by atoms with Gasteiger partial charge >= 0.3 is 0 Å². The Labute approximate surface area is 183 Å². The fraction of sp³-hybridized carbons (Fsp3) is 1.00. The quantitative estimate of drug-likeness (QED) is 0.182. The van der Waals surface area contributed by atoms with Crippen molar-refractivity contribution in [1.82, 2.24) is 0 Å². The Morgan fingerprint density at radius 1 is 0.562 bits per heavy atom. The molecule has 3 heterocycles. The third kappa shape index (κ3) is 4.94. The molecule has 0 bridgehead atoms. The van der Waals surface area contributed by atoms with Gasteiger partial charge in [-0.25, -0.2) is 0 Å². The molecule has 0 unspecified atom stereocenters. The van der Waals surface area contributed by atoms with Gasteiger partial charge in [-0.2, -0.15) is 0 Å². The van der Waals surface area contributed by atoms with E-state index in [0.717, 1.165) is 0 Å². The van der Waals surface area contributed by atoms with Gasteiger partial charge in [-0.05, 0) is 13.8 Å². The van der Waals surface area contributed by atoms with Crippen molar-refractivity contribution in [3.05, 3.63) is 0 Å². The Bertz CT molecular complexity index is 608. The van der Waals surface area contributed by atoms with Gasteiger partial charge in [0.15, 0.2) is 18.9 Å². The number of hydrogen-bond acceptors (Lipinski definition) is 14. The number of aliphatic hydroxyl groups is 9. The molecule has 3 aliphatic rings. The first-order valence-corrected chi connectivity index (χ1v) is 10.3. The zero-order valence-electron chi connectivity index (χ0n) is 17.4. The first-order chi connectivity index (χ1) is 15.0. The Hall–Kier alpha value is -0.560. The lowest BCUT2D eigenvalue weighted by Gasteiger charge is -2.47. The summed E-state index contributed by atoms with van der Waals surface area (Å²) in [6.07, 6.45) is -22.2. The molecule has 0 radical (unpaired) electrons. The SMILES string of the molecule is C[C@@H]1O[C@H](O[C@@H]2[C@@H](O)[C@@H](O)[C@@H](O)O[C@H]2C)[C@H](O)[C@H](O[C@H]2O[C@H](CO)[C@H](O)[C@H](O)[C@H]2O)[C@H]1O. The predicted octanol–water partition coefficient (Wildman–Crippen LogP) is -5.52. The average molecular weight is 472 g/mol. The van der Waals surface area contributed by atoms with E-state index >= 15 is 0 Å². The van der Waals surface area contributed by atoms with Crippen LogP contribution in [0.1, 0.15) is 13.8 Å². The van der Waals surface area contributed by atoms with Crippen molar-refractivity contribution in [2.45, 2.75) is 106 Å². The van der Waals surface area contributed by atoms with Gasteiger partial charge in [0.2, 0.25) is 0 Å². The molecule has 3 saturated heterocycles. The third-order valence-corrected chi connectivity index (χ3v) is 6.01. The molecule has 14 heteroatoms. The van der Waals surface area contributed by atoms with Crippen molar-refractivity contribution in [2.75, 3.05) is 6.61 Å². The van der Waals surface area contributed by atoms with Gasteiger partial charge in [0.05, 0.1) is 18.8 Å². The van der Waals surface area contributed by atoms with E-state index in [-0.39, 0.29) is 0 Å². The summed E-state index contributed by atoms with van der Waals surface area (Å²) in [4.78, 5) is 0. The van der Waals surface area contributed by atoms with E-state index in [1.54, 1.807) is 0 Å². The number of ether oxygens (including phenoxy) is 5. The summed E-state index contributed by atoms with van der Waals surface area (Å²) in [6, 6.07) is 0. The van der Waals surface area contributed by atoms with Gasteiger partial charge in [0.1, 0.15) is 61.0 Å². The molecule has 0 spiro atoms. The second kappa shape index (κ2) is 10.4. The maximum Gasteiger partial charge on any atom is 0.187 e. The fourth-order valence-corrected chi connectivity index (χ4v) is 3.97. The number of rotatable bonds is 5. The highest BCUT2D eigenvalue weighted by Gasteiger charge is 2.52. The van der Waals surface area contributed by atoms with Crippen LogP contribution >= 0.6 is 0 Å². The van der Waals surface area contributed by atoms with Gasteiger partial charge in [-0.1, -0.05) is 0 Å². The minimum absolute atomic E-state index is 0.697. The molecule has 3 rings (SSSR count). The Morgan fingerprint density at radius 2 is 1.16 bits per heavy atom. The highest BCUT2D eigenvalue weighted by Crippen LogP contribution is 2.32. The Balaban J connectivity index is 1.73. The molecule has 3 aliphatic heterocycles. The second-order valence-corrected chi connectivity index (χ2v) is 8.30. The molecule has 0 saturated carbocycles. The smallest absolute Gasteiger partial charge is 0.187 e. The van der Waals surface area contributed by atoms with Gasteiger partial charge in [-0.15, -0.1) is 0 Å². The zero-order chi connectivity index (χ0) is 23.9. The van der Waals surface area contributed by atoms with Crippen LogP contribution in [0.4, 0.5) is 0 Å². The number of aliphatic hydroxyl groups excluding tert-OH is 9. The predicted molar refractivity (Wildman–Crippen MR) is 98.4 cm³/mol. The van der Waals surface area contributed by atoms with Crippen LogP contribution in [-0.2, 0) is 23.7 Å². The second-order valence-electron chi connectivity index (χ2n) is 8.30. The minimum Gasteiger partial charge on any atom is -0.394 e. The van der Waals surface area contributed by atoms with Crippen molar-refractivity contribution >= 4 is 0 Å². The van der Waals surface area contributed by atoms with Crippen LogP contribution in [0, 0.1) is 0 Å². The first kappa shape index (κ1) is 26.1. The molecule has 0 aliphatic carbocycles. The lowest BCUT2D eigenvalue weighted by atomic mass is 9.96. The van der Waals surface area contributed by atoms with E-state index in [1.165, 1.54) is 13.8 Å². The molecule has 0 amide bonds. The Kier molecular flexibility index (Phi) is 8.44. The standard InChI is InChI=1S/C18H32O14/c1-4-7(20)15(32-17-12(25)9(22)8(21)6(3-19)30-17)13(26)18(29-4)31-14-5(2)28-16(27)11(24)10(14)23/h4-27H,3H2,1-2H3/t4-,5-,6+,7-,8-,9-,10-,11+,12+,13+,14-,15+,16-,17+,18+/m0/s1. The summed E-state index contributed by atoms with van der Waals surface area (Å²) in [7, 11) is 0. The van der Waals surface area contributed by atoms with Crippen LogP contribution in [0.25, 0.3) is 0 Å². The van der Waals surface area contributed by atoms with Crippen molar-refractivity contribution in [2.24, 2.45) is 0 Å². The molecular weight excluding hydrogens is 440 g/mol. The summed E-state index contributed by atoms with van der Waals surface area (Å²) in [5, 5.41) is 90.1. The molecule has 15 atom stereocenters. The topological polar surface area (TPSA) is 228 Å². The van der Waals surface area contributed by atoms with Crippen molar-refractivity contribution < 1.29 is 69.6 Å². The summed E-state index contributed by atoms with van der Waals surface area (Å²) >= 11 is 0. The van der Waals surface area contributed by atoms with Gasteiger partial charge < -0.3 is 69.6 Å². The molecule has 14 nitrogen and oxygen atoms in total. The van der Waals surface area contributed by atoms with Crippen LogP contribution in [0.15, 0.2) is 0 Å². The normalized spacial score (nSPS) is 55.0. The average Bonchev–Trinajstić information content (AvgIpc) is 2.75. The van der Waals surface area contributed by atoms with E-state index in [2.05, 4.69) is 0 Å². The highest BCUT2D eigenvalue weighted by molar-refractivity contribution is 4.95. The summed E-state index contributed by atoms with van der Waals surface area (Å²) in [6.45, 7) is 2.20. The summed E-state index contributed by atoms with van der Waals surface area (Å²) in [5.74, 6) is 0. The van der Waals surface area contributed by atoms with Crippen LogP contribution in [-0.4, -0.2) is 145 Å². The summed E-state index contributed by atoms with van der Waals surface area (Å²) < 4.78 is 26.9. The molecular formula is C18H32O14. The zero-order valence-corrected chi connectivity index (χ0v) is 17.4. The van der Waals surface area contributed by atoms with Crippen molar-refractivity contribution in [3.63, 3.8) is 0 Å². The van der Waals surface area contributed by atoms with Crippen molar-refractivity contribution in [3.8, 4) is 0 Å². The largest absolute Gasteiger partial charge is 0.394 e. The summed E-state index contributed by atoms with van der Waals surface area (Å²) in [5.41, 5.74) is 0. The third-order valence-electron chi connectivity index (χ3n) is 6.01. The van der Waals surface area contributed by atoms with Crippen LogP contribution < -0.4 is 0 Å². The molecule has 188 valence electrons. The highest BCUT2D eigenvalue weighted by atomic mass is 16.7. The molecule has 9 N–H and O–H groups in total. The maximum atomic E-state index is 10.7. The maximum absolute atomic E-state index is 10.7. The molecule has 0 aromatic heterocycles. The molecule has 0 aromatic rings. The van der Waals surface area contributed by atoms with E-state index in [1.807, 2.05) is 0 Å². The number of hydrogen-bond donors (Lipinski definition) is 9. The van der Waals surface area contributed by atoms with Gasteiger partial charge in [0, 0.05) is 0 Å². The first-order valence-electron chi connectivity index (χ1n) is 10.3. The molecule has 32 heavy (non-hydrogen) atoms. The minimum atomic E-state index is -1.77. The molecule has 0 aromatic carbocycles. The van der Waals surface area contributed by atoms with E-state index in [9.17, 15) is 46.0 Å². The van der Waals surface area contributed by atoms with Gasteiger partial charge in [-0.3, -0.25) is 0 Å².